The minimum Gasteiger partial charge on any atom is -0.507 e. The molecule has 0 saturated carbocycles. The van der Waals surface area contributed by atoms with Crippen LogP contribution in [0.4, 0.5) is 0 Å². The Balaban J connectivity index is 3.26. The standard InChI is InChI=1S/C12H12O3/c1-3-9-5-4-8(2)10(12(9)15)6-7-11(13)14/h3-7,15H,1H2,2H3,(H,13,14). The lowest BCUT2D eigenvalue weighted by Gasteiger charge is -2.06. The minimum atomic E-state index is -1.04. The number of phenols is 1. The molecule has 0 aliphatic carbocycles. The maximum absolute atomic E-state index is 10.4. The van der Waals surface area contributed by atoms with Crippen molar-refractivity contribution >= 4 is 18.1 Å². The van der Waals surface area contributed by atoms with Crippen molar-refractivity contribution in [2.45, 2.75) is 6.92 Å². The zero-order valence-corrected chi connectivity index (χ0v) is 8.40. The van der Waals surface area contributed by atoms with Gasteiger partial charge in [0.05, 0.1) is 0 Å². The summed E-state index contributed by atoms with van der Waals surface area (Å²) >= 11 is 0. The quantitative estimate of drug-likeness (QED) is 0.743. The third-order valence-corrected chi connectivity index (χ3v) is 2.08. The fourth-order valence-electron chi connectivity index (χ4n) is 1.26. The van der Waals surface area contributed by atoms with Crippen LogP contribution in [0, 0.1) is 6.92 Å². The van der Waals surface area contributed by atoms with E-state index in [2.05, 4.69) is 6.58 Å². The van der Waals surface area contributed by atoms with Crippen LogP contribution in [0.2, 0.25) is 0 Å². The predicted molar refractivity (Wildman–Crippen MR) is 59.6 cm³/mol. The molecule has 3 heteroatoms. The van der Waals surface area contributed by atoms with Gasteiger partial charge in [0, 0.05) is 17.2 Å². The van der Waals surface area contributed by atoms with E-state index in [4.69, 9.17) is 5.11 Å². The van der Waals surface area contributed by atoms with Crippen LogP contribution >= 0.6 is 0 Å². The summed E-state index contributed by atoms with van der Waals surface area (Å²) in [6.45, 7) is 5.36. The zero-order valence-electron chi connectivity index (χ0n) is 8.40. The van der Waals surface area contributed by atoms with Crippen molar-refractivity contribution in [1.82, 2.24) is 0 Å². The van der Waals surface area contributed by atoms with Crippen LogP contribution in [-0.2, 0) is 4.79 Å². The molecule has 1 aromatic carbocycles. The van der Waals surface area contributed by atoms with Crippen molar-refractivity contribution < 1.29 is 15.0 Å². The van der Waals surface area contributed by atoms with E-state index >= 15 is 0 Å². The van der Waals surface area contributed by atoms with Crippen molar-refractivity contribution in [3.63, 3.8) is 0 Å². The highest BCUT2D eigenvalue weighted by Gasteiger charge is 2.05. The maximum atomic E-state index is 10.4. The second-order valence-electron chi connectivity index (χ2n) is 3.11. The zero-order chi connectivity index (χ0) is 11.4. The van der Waals surface area contributed by atoms with Gasteiger partial charge in [0.15, 0.2) is 0 Å². The predicted octanol–water partition coefficient (Wildman–Crippen LogP) is 2.44. The number of aromatic hydroxyl groups is 1. The highest BCUT2D eigenvalue weighted by molar-refractivity contribution is 5.86. The molecular weight excluding hydrogens is 192 g/mol. The van der Waals surface area contributed by atoms with Gasteiger partial charge in [-0.3, -0.25) is 0 Å². The van der Waals surface area contributed by atoms with E-state index in [1.807, 2.05) is 0 Å². The van der Waals surface area contributed by atoms with Crippen molar-refractivity contribution in [3.8, 4) is 5.75 Å². The molecule has 0 bridgehead atoms. The van der Waals surface area contributed by atoms with Crippen LogP contribution in [0.3, 0.4) is 0 Å². The molecule has 0 amide bonds. The van der Waals surface area contributed by atoms with Gasteiger partial charge in [0.2, 0.25) is 0 Å². The molecular formula is C12H12O3. The fraction of sp³-hybridized carbons (Fsp3) is 0.0833. The molecule has 0 unspecified atom stereocenters. The van der Waals surface area contributed by atoms with Crippen molar-refractivity contribution in [3.05, 3.63) is 41.5 Å². The highest BCUT2D eigenvalue weighted by atomic mass is 16.4. The van der Waals surface area contributed by atoms with E-state index in [-0.39, 0.29) is 5.75 Å². The Morgan fingerprint density at radius 2 is 2.13 bits per heavy atom. The third kappa shape index (κ3) is 2.47. The van der Waals surface area contributed by atoms with Gasteiger partial charge in [-0.05, 0) is 18.6 Å². The number of hydrogen-bond donors (Lipinski definition) is 2. The van der Waals surface area contributed by atoms with E-state index in [1.54, 1.807) is 19.1 Å². The van der Waals surface area contributed by atoms with Gasteiger partial charge in [-0.25, -0.2) is 4.79 Å². The van der Waals surface area contributed by atoms with Gasteiger partial charge in [-0.15, -0.1) is 0 Å². The number of carbonyl (C=O) groups is 1. The second-order valence-corrected chi connectivity index (χ2v) is 3.11. The summed E-state index contributed by atoms with van der Waals surface area (Å²) < 4.78 is 0. The first-order chi connectivity index (χ1) is 7.06. The lowest BCUT2D eigenvalue weighted by Crippen LogP contribution is -1.89. The average Bonchev–Trinajstić information content (AvgIpc) is 2.17. The first-order valence-electron chi connectivity index (χ1n) is 4.42. The summed E-state index contributed by atoms with van der Waals surface area (Å²) in [5, 5.41) is 18.3. The van der Waals surface area contributed by atoms with Crippen LogP contribution in [-0.4, -0.2) is 16.2 Å². The Kier molecular flexibility index (Phi) is 3.29. The summed E-state index contributed by atoms with van der Waals surface area (Å²) in [6.07, 6.45) is 3.89. The molecule has 0 saturated heterocycles. The average molecular weight is 204 g/mol. The second kappa shape index (κ2) is 4.46. The molecule has 1 rings (SSSR count). The van der Waals surface area contributed by atoms with Crippen LogP contribution in [0.1, 0.15) is 16.7 Å². The molecule has 0 aliphatic heterocycles. The van der Waals surface area contributed by atoms with Crippen molar-refractivity contribution in [1.29, 1.82) is 0 Å². The molecule has 15 heavy (non-hydrogen) atoms. The monoisotopic (exact) mass is 204 g/mol. The first-order valence-corrected chi connectivity index (χ1v) is 4.42. The largest absolute Gasteiger partial charge is 0.507 e. The van der Waals surface area contributed by atoms with E-state index in [0.29, 0.717) is 11.1 Å². The molecule has 0 heterocycles. The third-order valence-electron chi connectivity index (χ3n) is 2.08. The molecule has 2 N–H and O–H groups in total. The Morgan fingerprint density at radius 3 is 2.67 bits per heavy atom. The van der Waals surface area contributed by atoms with Crippen LogP contribution in [0.15, 0.2) is 24.8 Å². The lowest BCUT2D eigenvalue weighted by molar-refractivity contribution is -0.131. The van der Waals surface area contributed by atoms with Gasteiger partial charge in [0.25, 0.3) is 0 Å². The minimum absolute atomic E-state index is 0.0579. The van der Waals surface area contributed by atoms with Crippen LogP contribution < -0.4 is 0 Å². The van der Waals surface area contributed by atoms with E-state index in [0.717, 1.165) is 11.6 Å². The van der Waals surface area contributed by atoms with Gasteiger partial charge in [-0.1, -0.05) is 24.8 Å². The highest BCUT2D eigenvalue weighted by Crippen LogP contribution is 2.27. The Morgan fingerprint density at radius 1 is 1.47 bits per heavy atom. The summed E-state index contributed by atoms with van der Waals surface area (Å²) in [5.74, 6) is -0.986. The molecule has 3 nitrogen and oxygen atoms in total. The van der Waals surface area contributed by atoms with Crippen LogP contribution in [0.25, 0.3) is 12.2 Å². The molecule has 1 aromatic rings. The van der Waals surface area contributed by atoms with Crippen molar-refractivity contribution in [2.75, 3.05) is 0 Å². The number of rotatable bonds is 3. The number of hydrogen-bond acceptors (Lipinski definition) is 2. The Hall–Kier alpha value is -2.03. The fourth-order valence-corrected chi connectivity index (χ4v) is 1.26. The Labute approximate surface area is 88.0 Å². The van der Waals surface area contributed by atoms with Crippen LogP contribution in [0.5, 0.6) is 5.75 Å². The Bertz CT molecular complexity index is 431. The summed E-state index contributed by atoms with van der Waals surface area (Å²) in [5.41, 5.74) is 1.91. The molecule has 0 atom stereocenters. The number of aryl methyl sites for hydroxylation is 1. The summed E-state index contributed by atoms with van der Waals surface area (Å²) in [4.78, 5) is 10.4. The molecule has 0 radical (unpaired) electrons. The maximum Gasteiger partial charge on any atom is 0.328 e. The summed E-state index contributed by atoms with van der Waals surface area (Å²) in [6, 6.07) is 3.54. The van der Waals surface area contributed by atoms with E-state index in [9.17, 15) is 9.90 Å². The summed E-state index contributed by atoms with van der Waals surface area (Å²) in [7, 11) is 0. The molecule has 0 aliphatic rings. The van der Waals surface area contributed by atoms with Gasteiger partial charge in [0.1, 0.15) is 5.75 Å². The normalized spacial score (nSPS) is 10.5. The molecule has 0 fully saturated rings. The number of benzene rings is 1. The lowest BCUT2D eigenvalue weighted by atomic mass is 10.0. The molecule has 0 spiro atoms. The number of carboxylic acids is 1. The van der Waals surface area contributed by atoms with Crippen molar-refractivity contribution in [2.24, 2.45) is 0 Å². The molecule has 0 aromatic heterocycles. The smallest absolute Gasteiger partial charge is 0.328 e. The number of aliphatic carboxylic acids is 1. The molecule has 78 valence electrons. The SMILES string of the molecule is C=Cc1ccc(C)c(C=CC(=O)O)c1O. The van der Waals surface area contributed by atoms with E-state index in [1.165, 1.54) is 12.2 Å². The first kappa shape index (κ1) is 11.0. The van der Waals surface area contributed by atoms with Gasteiger partial charge < -0.3 is 10.2 Å². The van der Waals surface area contributed by atoms with Gasteiger partial charge >= 0.3 is 5.97 Å². The number of carboxylic acid groups (broad SMARTS) is 1. The van der Waals surface area contributed by atoms with Gasteiger partial charge in [-0.2, -0.15) is 0 Å². The number of phenolic OH excluding ortho intramolecular Hbond substituents is 1. The van der Waals surface area contributed by atoms with E-state index < -0.39 is 5.97 Å². The topological polar surface area (TPSA) is 57.5 Å².